The molecule has 3 heterocycles. The Labute approximate surface area is 244 Å². The van der Waals surface area contributed by atoms with Crippen LogP contribution in [0.5, 0.6) is 5.75 Å². The van der Waals surface area contributed by atoms with Gasteiger partial charge in [0.1, 0.15) is 11.3 Å². The molecule has 3 aromatic carbocycles. The third kappa shape index (κ3) is 4.95. The number of fused-ring (bicyclic) bond motifs is 2. The van der Waals surface area contributed by atoms with Crippen molar-refractivity contribution in [1.29, 1.82) is 0 Å². The number of ether oxygens (including phenoxy) is 1. The van der Waals surface area contributed by atoms with Crippen LogP contribution in [0.3, 0.4) is 0 Å². The summed E-state index contributed by atoms with van der Waals surface area (Å²) in [4.78, 5) is 29.5. The molecule has 0 radical (unpaired) electrons. The van der Waals surface area contributed by atoms with Crippen molar-refractivity contribution in [1.82, 2.24) is 14.2 Å². The van der Waals surface area contributed by atoms with E-state index in [2.05, 4.69) is 5.10 Å². The number of rotatable bonds is 7. The van der Waals surface area contributed by atoms with E-state index in [4.69, 9.17) is 30.8 Å². The number of halogens is 1. The number of nitrogens with zero attached hydrogens (tertiary/aromatic N) is 4. The Kier molecular flexibility index (Phi) is 6.88. The van der Waals surface area contributed by atoms with Gasteiger partial charge in [0.05, 0.1) is 17.1 Å². The first kappa shape index (κ1) is 27.0. The Morgan fingerprint density at radius 3 is 2.60 bits per heavy atom. The number of hydrogen-bond donors (Lipinski definition) is 1. The summed E-state index contributed by atoms with van der Waals surface area (Å²) in [5.74, 6) is 0.0784. The molecule has 10 heteroatoms. The zero-order chi connectivity index (χ0) is 29.5. The minimum Gasteiger partial charge on any atom is -0.479 e. The summed E-state index contributed by atoms with van der Waals surface area (Å²) in [5, 5.41) is 15.5. The molecule has 9 nitrogen and oxygen atoms in total. The Bertz CT molecular complexity index is 2070. The highest BCUT2D eigenvalue weighted by Gasteiger charge is 2.18. The molecule has 0 aliphatic carbocycles. The fourth-order valence-electron chi connectivity index (χ4n) is 4.88. The van der Waals surface area contributed by atoms with Gasteiger partial charge in [-0.1, -0.05) is 23.7 Å². The van der Waals surface area contributed by atoms with Gasteiger partial charge < -0.3 is 18.8 Å². The fraction of sp³-hybridized carbons (Fsp3) is 0.125. The van der Waals surface area contributed by atoms with Crippen molar-refractivity contribution in [2.45, 2.75) is 26.9 Å². The van der Waals surface area contributed by atoms with Crippen LogP contribution in [0.2, 0.25) is 5.02 Å². The molecule has 0 fully saturated rings. The number of carboxylic acid groups (broad SMARTS) is 1. The van der Waals surface area contributed by atoms with Gasteiger partial charge in [-0.25, -0.2) is 9.78 Å². The number of furan rings is 1. The molecule has 0 unspecified atom stereocenters. The lowest BCUT2D eigenvalue weighted by molar-refractivity contribution is -0.144. The quantitative estimate of drug-likeness (QED) is 0.213. The highest BCUT2D eigenvalue weighted by molar-refractivity contribution is 6.31. The number of aryl methyl sites for hydroxylation is 1. The van der Waals surface area contributed by atoms with Crippen LogP contribution in [0.25, 0.3) is 39.1 Å². The smallest absolute Gasteiger partial charge is 0.344 e. The van der Waals surface area contributed by atoms with Gasteiger partial charge in [-0.2, -0.15) is 9.78 Å². The number of hydrogen-bond acceptors (Lipinski definition) is 6. The van der Waals surface area contributed by atoms with E-state index >= 15 is 0 Å². The van der Waals surface area contributed by atoms with Gasteiger partial charge in [-0.3, -0.25) is 4.79 Å². The van der Waals surface area contributed by atoms with Crippen molar-refractivity contribution >= 4 is 45.7 Å². The number of aromatic nitrogens is 3. The molecule has 0 bridgehead atoms. The number of carbonyl (C=O) groups is 1. The molecule has 6 aromatic rings. The van der Waals surface area contributed by atoms with E-state index in [0.717, 1.165) is 28.0 Å². The Morgan fingerprint density at radius 2 is 1.83 bits per heavy atom. The number of carboxylic acids is 1. The molecule has 0 saturated carbocycles. The Hall–Kier alpha value is -5.15. The van der Waals surface area contributed by atoms with Crippen molar-refractivity contribution in [2.75, 3.05) is 0 Å². The Balaban J connectivity index is 1.40. The monoisotopic (exact) mass is 580 g/mol. The summed E-state index contributed by atoms with van der Waals surface area (Å²) in [5.41, 5.74) is 4.33. The van der Waals surface area contributed by atoms with Gasteiger partial charge in [-0.15, -0.1) is 0 Å². The molecule has 3 aromatic heterocycles. The number of para-hydroxylation sites is 1. The van der Waals surface area contributed by atoms with Crippen molar-refractivity contribution in [3.63, 3.8) is 0 Å². The molecule has 6 rings (SSSR count). The van der Waals surface area contributed by atoms with Crippen LogP contribution in [0.15, 0.2) is 93.2 Å². The van der Waals surface area contributed by atoms with Gasteiger partial charge in [-0.05, 0) is 87.5 Å². The molecule has 0 amide bonds. The third-order valence-electron chi connectivity index (χ3n) is 6.99. The van der Waals surface area contributed by atoms with Crippen LogP contribution in [0, 0.1) is 13.8 Å². The van der Waals surface area contributed by atoms with Gasteiger partial charge in [0.25, 0.3) is 5.56 Å². The summed E-state index contributed by atoms with van der Waals surface area (Å²) >= 11 is 6.17. The van der Waals surface area contributed by atoms with Crippen LogP contribution < -0.4 is 10.3 Å². The fourth-order valence-corrected chi connectivity index (χ4v) is 5.06. The maximum atomic E-state index is 13.6. The second-order valence-electron chi connectivity index (χ2n) is 9.86. The van der Waals surface area contributed by atoms with Gasteiger partial charge in [0.2, 0.25) is 5.82 Å². The van der Waals surface area contributed by atoms with Gasteiger partial charge in [0.15, 0.2) is 11.9 Å². The van der Waals surface area contributed by atoms with E-state index in [-0.39, 0.29) is 11.4 Å². The third-order valence-corrected chi connectivity index (χ3v) is 7.23. The van der Waals surface area contributed by atoms with Crippen LogP contribution >= 0.6 is 11.6 Å². The summed E-state index contributed by atoms with van der Waals surface area (Å²) < 4.78 is 14.8. The van der Waals surface area contributed by atoms with E-state index in [1.54, 1.807) is 60.8 Å². The van der Waals surface area contributed by atoms with Crippen molar-refractivity contribution in [2.24, 2.45) is 5.10 Å². The first-order valence-corrected chi connectivity index (χ1v) is 13.5. The molecule has 0 saturated heterocycles. The molecule has 42 heavy (non-hydrogen) atoms. The van der Waals surface area contributed by atoms with Crippen LogP contribution in [-0.4, -0.2) is 37.6 Å². The maximum Gasteiger partial charge on any atom is 0.344 e. The molecule has 0 aliphatic rings. The highest BCUT2D eigenvalue weighted by atomic mass is 35.5. The minimum absolute atomic E-state index is 0.266. The van der Waals surface area contributed by atoms with E-state index in [0.29, 0.717) is 33.0 Å². The lowest BCUT2D eigenvalue weighted by atomic mass is 10.2. The molecule has 1 atom stereocenters. The predicted octanol–water partition coefficient (Wildman–Crippen LogP) is 6.60. The molecule has 0 spiro atoms. The first-order valence-electron chi connectivity index (χ1n) is 13.1. The lowest BCUT2D eigenvalue weighted by Gasteiger charge is -2.13. The topological polar surface area (TPSA) is 112 Å². The van der Waals surface area contributed by atoms with Crippen molar-refractivity contribution < 1.29 is 19.1 Å². The zero-order valence-electron chi connectivity index (χ0n) is 22.9. The molecular weight excluding hydrogens is 556 g/mol. The van der Waals surface area contributed by atoms with Gasteiger partial charge in [0, 0.05) is 33.0 Å². The zero-order valence-corrected chi connectivity index (χ0v) is 23.7. The van der Waals surface area contributed by atoms with Crippen LogP contribution in [0.4, 0.5) is 0 Å². The molecular formula is C32H25ClN4O5. The molecule has 210 valence electrons. The average molecular weight is 581 g/mol. The van der Waals surface area contributed by atoms with Crippen molar-refractivity contribution in [3.8, 4) is 23.0 Å². The first-order chi connectivity index (χ1) is 20.2. The van der Waals surface area contributed by atoms with Crippen molar-refractivity contribution in [3.05, 3.63) is 111 Å². The predicted molar refractivity (Wildman–Crippen MR) is 162 cm³/mol. The lowest BCUT2D eigenvalue weighted by Crippen LogP contribution is -2.22. The number of benzene rings is 3. The van der Waals surface area contributed by atoms with Crippen LogP contribution in [0.1, 0.15) is 23.9 Å². The average Bonchev–Trinajstić information content (AvgIpc) is 3.52. The second-order valence-corrected chi connectivity index (χ2v) is 10.3. The summed E-state index contributed by atoms with van der Waals surface area (Å²) in [6.45, 7) is 5.40. The van der Waals surface area contributed by atoms with Crippen LogP contribution in [-0.2, 0) is 4.79 Å². The Morgan fingerprint density at radius 1 is 1.07 bits per heavy atom. The largest absolute Gasteiger partial charge is 0.479 e. The summed E-state index contributed by atoms with van der Waals surface area (Å²) in [7, 11) is 0. The van der Waals surface area contributed by atoms with E-state index in [1.807, 2.05) is 42.7 Å². The number of aliphatic carboxylic acids is 1. The maximum absolute atomic E-state index is 13.6. The van der Waals surface area contributed by atoms with E-state index in [1.165, 1.54) is 11.6 Å². The summed E-state index contributed by atoms with van der Waals surface area (Å²) in [6, 6.07) is 23.3. The SMILES string of the molecule is Cc1cc(C=Nn2c(-c3cc4cc(Cl)ccc4o3)nc3ccccc3c2=O)c(C)n1-c1ccc(O[C@H](C)C(=O)O)cc1. The van der Waals surface area contributed by atoms with E-state index in [9.17, 15) is 9.59 Å². The standard InChI is InChI=1S/C32H25ClN4O5/c1-18-14-22(19(2)36(18)24-9-11-25(12-10-24)41-20(3)32(39)40)17-34-37-30(35-27-7-5-4-6-26(27)31(37)38)29-16-21-15-23(33)8-13-28(21)42-29/h4-17,20H,1-3H3,(H,39,40)/t20-/m1/s1. The second kappa shape index (κ2) is 10.7. The van der Waals surface area contributed by atoms with E-state index < -0.39 is 12.1 Å². The molecule has 0 aliphatic heterocycles. The van der Waals surface area contributed by atoms with Gasteiger partial charge >= 0.3 is 5.97 Å². The summed E-state index contributed by atoms with van der Waals surface area (Å²) in [6.07, 6.45) is 0.676. The minimum atomic E-state index is -1.03. The normalized spacial score (nSPS) is 12.4. The highest BCUT2D eigenvalue weighted by Crippen LogP contribution is 2.29. The molecule has 1 N–H and O–H groups in total.